The summed E-state index contributed by atoms with van der Waals surface area (Å²) >= 11 is 0. The van der Waals surface area contributed by atoms with Crippen LogP contribution in [-0.2, 0) is 9.59 Å². The standard InChI is InChI=1S/C15H23N3O3/c1-3-5-14(19)18-12-8-7-11(10-13(12)21-2)17-15(20)6-4-9-16/h7-8,10H,3-6,9,16H2,1-2H3,(H,17,20)(H,18,19). The Hall–Kier alpha value is -2.08. The van der Waals surface area contributed by atoms with Crippen LogP contribution in [0.2, 0.25) is 0 Å². The van der Waals surface area contributed by atoms with E-state index < -0.39 is 0 Å². The molecule has 6 nitrogen and oxygen atoms in total. The maximum absolute atomic E-state index is 11.6. The van der Waals surface area contributed by atoms with Gasteiger partial charge in [0.05, 0.1) is 12.8 Å². The van der Waals surface area contributed by atoms with Gasteiger partial charge in [-0.1, -0.05) is 6.92 Å². The van der Waals surface area contributed by atoms with Crippen molar-refractivity contribution in [3.63, 3.8) is 0 Å². The van der Waals surface area contributed by atoms with E-state index in [0.29, 0.717) is 42.9 Å². The predicted molar refractivity (Wildman–Crippen MR) is 83.4 cm³/mol. The SMILES string of the molecule is CCCC(=O)Nc1ccc(NC(=O)CCCN)cc1OC. The van der Waals surface area contributed by atoms with Gasteiger partial charge in [0, 0.05) is 24.6 Å². The van der Waals surface area contributed by atoms with Crippen LogP contribution >= 0.6 is 0 Å². The zero-order valence-electron chi connectivity index (χ0n) is 12.6. The lowest BCUT2D eigenvalue weighted by Gasteiger charge is -2.12. The van der Waals surface area contributed by atoms with Gasteiger partial charge >= 0.3 is 0 Å². The van der Waals surface area contributed by atoms with Crippen molar-refractivity contribution in [1.29, 1.82) is 0 Å². The molecule has 6 heteroatoms. The number of carbonyl (C=O) groups is 2. The second-order valence-corrected chi connectivity index (χ2v) is 4.65. The molecule has 0 saturated carbocycles. The summed E-state index contributed by atoms with van der Waals surface area (Å²) in [5.74, 6) is 0.358. The predicted octanol–water partition coefficient (Wildman–Crippen LogP) is 2.11. The molecule has 0 spiro atoms. The van der Waals surface area contributed by atoms with Crippen LogP contribution in [0.4, 0.5) is 11.4 Å². The second kappa shape index (κ2) is 8.97. The molecular weight excluding hydrogens is 270 g/mol. The number of hydrogen-bond donors (Lipinski definition) is 3. The molecule has 21 heavy (non-hydrogen) atoms. The van der Waals surface area contributed by atoms with Crippen molar-refractivity contribution < 1.29 is 14.3 Å². The summed E-state index contributed by atoms with van der Waals surface area (Å²) in [6.07, 6.45) is 2.27. The van der Waals surface area contributed by atoms with E-state index in [4.69, 9.17) is 10.5 Å². The van der Waals surface area contributed by atoms with E-state index in [1.165, 1.54) is 7.11 Å². The molecule has 0 aliphatic carbocycles. The average molecular weight is 293 g/mol. The van der Waals surface area contributed by atoms with Gasteiger partial charge in [0.25, 0.3) is 0 Å². The molecular formula is C15H23N3O3. The molecule has 0 atom stereocenters. The molecule has 0 saturated heterocycles. The van der Waals surface area contributed by atoms with Gasteiger partial charge in [-0.2, -0.15) is 0 Å². The molecule has 0 bridgehead atoms. The van der Waals surface area contributed by atoms with E-state index >= 15 is 0 Å². The van der Waals surface area contributed by atoms with Gasteiger partial charge in [0.2, 0.25) is 11.8 Å². The summed E-state index contributed by atoms with van der Waals surface area (Å²) in [6.45, 7) is 2.43. The minimum atomic E-state index is -0.0923. The molecule has 1 rings (SSSR count). The summed E-state index contributed by atoms with van der Waals surface area (Å²) in [7, 11) is 1.52. The summed E-state index contributed by atoms with van der Waals surface area (Å²) in [6, 6.07) is 5.12. The highest BCUT2D eigenvalue weighted by Crippen LogP contribution is 2.28. The van der Waals surface area contributed by atoms with Crippen molar-refractivity contribution in [3.05, 3.63) is 18.2 Å². The Balaban J connectivity index is 2.73. The molecule has 0 fully saturated rings. The maximum atomic E-state index is 11.6. The highest BCUT2D eigenvalue weighted by molar-refractivity contribution is 5.94. The van der Waals surface area contributed by atoms with Crippen LogP contribution in [0.5, 0.6) is 5.75 Å². The normalized spacial score (nSPS) is 10.0. The van der Waals surface area contributed by atoms with Gasteiger partial charge in [-0.3, -0.25) is 9.59 Å². The van der Waals surface area contributed by atoms with E-state index in [9.17, 15) is 9.59 Å². The summed E-state index contributed by atoms with van der Waals surface area (Å²) in [4.78, 5) is 23.3. The molecule has 0 aromatic heterocycles. The van der Waals surface area contributed by atoms with Gasteiger partial charge in [-0.25, -0.2) is 0 Å². The highest BCUT2D eigenvalue weighted by atomic mass is 16.5. The molecule has 1 aromatic rings. The van der Waals surface area contributed by atoms with Crippen molar-refractivity contribution in [2.75, 3.05) is 24.3 Å². The number of amides is 2. The van der Waals surface area contributed by atoms with Crippen molar-refractivity contribution in [1.82, 2.24) is 0 Å². The average Bonchev–Trinajstić information content (AvgIpc) is 2.47. The fourth-order valence-corrected chi connectivity index (χ4v) is 1.80. The van der Waals surface area contributed by atoms with Crippen LogP contribution in [0.1, 0.15) is 32.6 Å². The van der Waals surface area contributed by atoms with Crippen molar-refractivity contribution >= 4 is 23.2 Å². The van der Waals surface area contributed by atoms with Gasteiger partial charge in [0.15, 0.2) is 0 Å². The van der Waals surface area contributed by atoms with E-state index in [1.54, 1.807) is 18.2 Å². The van der Waals surface area contributed by atoms with Crippen molar-refractivity contribution in [2.45, 2.75) is 32.6 Å². The lowest BCUT2D eigenvalue weighted by molar-refractivity contribution is -0.117. The highest BCUT2D eigenvalue weighted by Gasteiger charge is 2.09. The monoisotopic (exact) mass is 293 g/mol. The maximum Gasteiger partial charge on any atom is 0.224 e. The lowest BCUT2D eigenvalue weighted by atomic mass is 10.2. The number of benzene rings is 1. The zero-order valence-corrected chi connectivity index (χ0v) is 12.6. The Bertz CT molecular complexity index is 489. The van der Waals surface area contributed by atoms with Crippen molar-refractivity contribution in [2.24, 2.45) is 5.73 Å². The molecule has 0 heterocycles. The smallest absolute Gasteiger partial charge is 0.224 e. The first kappa shape index (κ1) is 17.0. The molecule has 116 valence electrons. The van der Waals surface area contributed by atoms with E-state index in [0.717, 1.165) is 6.42 Å². The number of hydrogen-bond acceptors (Lipinski definition) is 4. The number of rotatable bonds is 8. The van der Waals surface area contributed by atoms with Crippen LogP contribution in [0.15, 0.2) is 18.2 Å². The van der Waals surface area contributed by atoms with Crippen LogP contribution in [0.25, 0.3) is 0 Å². The number of carbonyl (C=O) groups excluding carboxylic acids is 2. The molecule has 4 N–H and O–H groups in total. The topological polar surface area (TPSA) is 93.5 Å². The zero-order chi connectivity index (χ0) is 15.7. The Morgan fingerprint density at radius 1 is 1.19 bits per heavy atom. The first-order valence-corrected chi connectivity index (χ1v) is 7.08. The van der Waals surface area contributed by atoms with E-state index in [2.05, 4.69) is 10.6 Å². The van der Waals surface area contributed by atoms with Gasteiger partial charge in [0.1, 0.15) is 5.75 Å². The number of ether oxygens (including phenoxy) is 1. The molecule has 2 amide bonds. The number of nitrogens with one attached hydrogen (secondary N) is 2. The van der Waals surface area contributed by atoms with Crippen LogP contribution < -0.4 is 21.1 Å². The largest absolute Gasteiger partial charge is 0.494 e. The minimum absolute atomic E-state index is 0.0597. The number of methoxy groups -OCH3 is 1. The third kappa shape index (κ3) is 5.83. The van der Waals surface area contributed by atoms with Crippen LogP contribution in [-0.4, -0.2) is 25.5 Å². The van der Waals surface area contributed by atoms with Crippen LogP contribution in [0.3, 0.4) is 0 Å². The van der Waals surface area contributed by atoms with Gasteiger partial charge in [-0.05, 0) is 31.5 Å². The molecule has 0 unspecified atom stereocenters. The number of nitrogens with two attached hydrogens (primary N) is 1. The third-order valence-electron chi connectivity index (χ3n) is 2.84. The summed E-state index contributed by atoms with van der Waals surface area (Å²) in [5, 5.41) is 5.55. The lowest BCUT2D eigenvalue weighted by Crippen LogP contribution is -2.14. The third-order valence-corrected chi connectivity index (χ3v) is 2.84. The second-order valence-electron chi connectivity index (χ2n) is 4.65. The Labute approximate surface area is 125 Å². The Kier molecular flexibility index (Phi) is 7.25. The number of anilines is 2. The summed E-state index contributed by atoms with van der Waals surface area (Å²) < 4.78 is 5.24. The fraction of sp³-hybridized carbons (Fsp3) is 0.467. The first-order valence-electron chi connectivity index (χ1n) is 7.08. The minimum Gasteiger partial charge on any atom is -0.494 e. The van der Waals surface area contributed by atoms with Crippen molar-refractivity contribution in [3.8, 4) is 5.75 Å². The van der Waals surface area contributed by atoms with Gasteiger partial charge in [-0.15, -0.1) is 0 Å². The quantitative estimate of drug-likeness (QED) is 0.684. The summed E-state index contributed by atoms with van der Waals surface area (Å²) in [5.41, 5.74) is 6.59. The fourth-order valence-electron chi connectivity index (χ4n) is 1.80. The van der Waals surface area contributed by atoms with Gasteiger partial charge < -0.3 is 21.1 Å². The molecule has 1 aromatic carbocycles. The molecule has 0 radical (unpaired) electrons. The molecule has 0 aliphatic rings. The Morgan fingerprint density at radius 2 is 1.90 bits per heavy atom. The van der Waals surface area contributed by atoms with Crippen LogP contribution in [0, 0.1) is 0 Å². The first-order chi connectivity index (χ1) is 10.1. The molecule has 0 aliphatic heterocycles. The van der Waals surface area contributed by atoms with E-state index in [1.807, 2.05) is 6.92 Å². The van der Waals surface area contributed by atoms with E-state index in [-0.39, 0.29) is 11.8 Å². The Morgan fingerprint density at radius 3 is 2.52 bits per heavy atom.